The molecule has 0 radical (unpaired) electrons. The average molecular weight is 346 g/mol. The van der Waals surface area contributed by atoms with Crippen LogP contribution in [0.4, 0.5) is 0 Å². The van der Waals surface area contributed by atoms with Crippen molar-refractivity contribution < 1.29 is 19.1 Å². The zero-order valence-corrected chi connectivity index (χ0v) is 14.0. The van der Waals surface area contributed by atoms with Gasteiger partial charge in [0.15, 0.2) is 5.76 Å². The van der Waals surface area contributed by atoms with Gasteiger partial charge in [-0.2, -0.15) is 0 Å². The van der Waals surface area contributed by atoms with E-state index in [9.17, 15) is 5.11 Å². The molecule has 5 nitrogen and oxygen atoms in total. The quantitative estimate of drug-likeness (QED) is 0.751. The largest absolute Gasteiger partial charge is 0.497 e. The van der Waals surface area contributed by atoms with Gasteiger partial charge in [-0.25, -0.2) is 0 Å². The zero-order valence-electron chi connectivity index (χ0n) is 13.2. The lowest BCUT2D eigenvalue weighted by Gasteiger charge is -2.09. The number of aliphatic hydroxyl groups is 1. The number of benzene rings is 2. The minimum atomic E-state index is -0.235. The van der Waals surface area contributed by atoms with Gasteiger partial charge in [-0.1, -0.05) is 28.9 Å². The first-order chi connectivity index (χ1) is 11.7. The summed E-state index contributed by atoms with van der Waals surface area (Å²) in [6, 6.07) is 12.5. The number of hydrogen-bond donors (Lipinski definition) is 1. The number of halogens is 1. The van der Waals surface area contributed by atoms with Crippen LogP contribution in [0.1, 0.15) is 5.56 Å². The van der Waals surface area contributed by atoms with E-state index in [1.54, 1.807) is 44.6 Å². The summed E-state index contributed by atoms with van der Waals surface area (Å²) in [6.07, 6.45) is 0. The van der Waals surface area contributed by atoms with Gasteiger partial charge in [-0.15, -0.1) is 0 Å². The van der Waals surface area contributed by atoms with Crippen LogP contribution in [0.15, 0.2) is 47.0 Å². The maximum Gasteiger partial charge on any atom is 0.173 e. The van der Waals surface area contributed by atoms with Gasteiger partial charge >= 0.3 is 0 Å². The molecule has 0 aliphatic heterocycles. The number of rotatable bonds is 5. The molecule has 3 rings (SSSR count). The fourth-order valence-electron chi connectivity index (χ4n) is 2.52. The first-order valence-corrected chi connectivity index (χ1v) is 7.63. The highest BCUT2D eigenvalue weighted by atomic mass is 35.5. The molecule has 24 heavy (non-hydrogen) atoms. The third-order valence-electron chi connectivity index (χ3n) is 3.69. The van der Waals surface area contributed by atoms with Gasteiger partial charge in [0.2, 0.25) is 0 Å². The minimum Gasteiger partial charge on any atom is -0.497 e. The Kier molecular flexibility index (Phi) is 4.74. The van der Waals surface area contributed by atoms with Crippen LogP contribution in [0.5, 0.6) is 11.5 Å². The standard InChI is InChI=1S/C18H16ClNO4/c1-22-13-6-7-16(23-2)14(9-13)17-15(10-21)18(24-20-17)11-4-3-5-12(19)8-11/h3-9,21H,10H2,1-2H3. The monoisotopic (exact) mass is 345 g/mol. The van der Waals surface area contributed by atoms with E-state index in [0.29, 0.717) is 39.1 Å². The maximum atomic E-state index is 9.87. The van der Waals surface area contributed by atoms with Crippen molar-refractivity contribution in [3.05, 3.63) is 53.1 Å². The molecule has 6 heteroatoms. The Morgan fingerprint density at radius 1 is 1.12 bits per heavy atom. The Morgan fingerprint density at radius 2 is 1.96 bits per heavy atom. The first-order valence-electron chi connectivity index (χ1n) is 7.25. The molecule has 0 atom stereocenters. The molecule has 0 aliphatic carbocycles. The third-order valence-corrected chi connectivity index (χ3v) is 3.93. The summed E-state index contributed by atoms with van der Waals surface area (Å²) in [5.41, 5.74) is 2.48. The lowest BCUT2D eigenvalue weighted by Crippen LogP contribution is -1.94. The van der Waals surface area contributed by atoms with E-state index in [1.807, 2.05) is 12.1 Å². The Hall–Kier alpha value is -2.50. The van der Waals surface area contributed by atoms with Crippen molar-refractivity contribution >= 4 is 11.6 Å². The summed E-state index contributed by atoms with van der Waals surface area (Å²) in [5.74, 6) is 1.73. The summed E-state index contributed by atoms with van der Waals surface area (Å²) < 4.78 is 16.1. The molecule has 0 aliphatic rings. The molecule has 0 saturated heterocycles. The van der Waals surface area contributed by atoms with Crippen molar-refractivity contribution in [1.29, 1.82) is 0 Å². The highest BCUT2D eigenvalue weighted by Gasteiger charge is 2.21. The van der Waals surface area contributed by atoms with Gasteiger partial charge in [-0.05, 0) is 30.3 Å². The van der Waals surface area contributed by atoms with Crippen molar-refractivity contribution in [3.8, 4) is 34.1 Å². The van der Waals surface area contributed by atoms with Crippen LogP contribution in [0.2, 0.25) is 5.02 Å². The van der Waals surface area contributed by atoms with Crippen LogP contribution in [0, 0.1) is 0 Å². The van der Waals surface area contributed by atoms with Crippen LogP contribution in [0.25, 0.3) is 22.6 Å². The Labute approximate surface area is 144 Å². The number of nitrogens with zero attached hydrogens (tertiary/aromatic N) is 1. The average Bonchev–Trinajstić information content (AvgIpc) is 3.05. The Bertz CT molecular complexity index is 860. The molecule has 2 aromatic carbocycles. The van der Waals surface area contributed by atoms with E-state index >= 15 is 0 Å². The minimum absolute atomic E-state index is 0.235. The first kappa shape index (κ1) is 16.4. The summed E-state index contributed by atoms with van der Waals surface area (Å²) in [4.78, 5) is 0. The van der Waals surface area contributed by atoms with Crippen molar-refractivity contribution in [1.82, 2.24) is 5.16 Å². The summed E-state index contributed by atoms with van der Waals surface area (Å²) in [6.45, 7) is -0.235. The number of ether oxygens (including phenoxy) is 2. The smallest absolute Gasteiger partial charge is 0.173 e. The second-order valence-corrected chi connectivity index (χ2v) is 5.51. The maximum absolute atomic E-state index is 9.87. The van der Waals surface area contributed by atoms with Gasteiger partial charge < -0.3 is 19.1 Å². The number of aromatic nitrogens is 1. The van der Waals surface area contributed by atoms with Gasteiger partial charge in [-0.3, -0.25) is 0 Å². The molecule has 3 aromatic rings. The van der Waals surface area contributed by atoms with Gasteiger partial charge in [0.1, 0.15) is 17.2 Å². The van der Waals surface area contributed by atoms with E-state index in [4.69, 9.17) is 25.6 Å². The molecule has 1 aromatic heterocycles. The van der Waals surface area contributed by atoms with Gasteiger partial charge in [0, 0.05) is 16.1 Å². The Balaban J connectivity index is 2.17. The van der Waals surface area contributed by atoms with Crippen LogP contribution >= 0.6 is 11.6 Å². The number of aliphatic hydroxyl groups excluding tert-OH is 1. The summed E-state index contributed by atoms with van der Waals surface area (Å²) in [5, 5.41) is 14.6. The van der Waals surface area contributed by atoms with E-state index in [0.717, 1.165) is 5.56 Å². The highest BCUT2D eigenvalue weighted by Crippen LogP contribution is 2.38. The predicted molar refractivity (Wildman–Crippen MR) is 91.4 cm³/mol. The normalized spacial score (nSPS) is 10.7. The second kappa shape index (κ2) is 6.95. The van der Waals surface area contributed by atoms with Crippen LogP contribution in [-0.2, 0) is 6.61 Å². The third kappa shape index (κ3) is 2.96. The van der Waals surface area contributed by atoms with Crippen molar-refractivity contribution in [2.75, 3.05) is 14.2 Å². The second-order valence-electron chi connectivity index (χ2n) is 5.07. The van der Waals surface area contributed by atoms with Crippen LogP contribution in [-0.4, -0.2) is 24.5 Å². The van der Waals surface area contributed by atoms with E-state index in [2.05, 4.69) is 5.16 Å². The number of methoxy groups -OCH3 is 2. The molecule has 0 bridgehead atoms. The molecule has 1 N–H and O–H groups in total. The molecular formula is C18H16ClNO4. The predicted octanol–water partition coefficient (Wildman–Crippen LogP) is 4.17. The molecule has 0 unspecified atom stereocenters. The van der Waals surface area contributed by atoms with Crippen molar-refractivity contribution in [3.63, 3.8) is 0 Å². The molecule has 0 fully saturated rings. The van der Waals surface area contributed by atoms with Crippen molar-refractivity contribution in [2.24, 2.45) is 0 Å². The fourth-order valence-corrected chi connectivity index (χ4v) is 2.71. The van der Waals surface area contributed by atoms with E-state index < -0.39 is 0 Å². The fraction of sp³-hybridized carbons (Fsp3) is 0.167. The summed E-state index contributed by atoms with van der Waals surface area (Å²) in [7, 11) is 3.15. The SMILES string of the molecule is COc1ccc(OC)c(-c2noc(-c3cccc(Cl)c3)c2CO)c1. The lowest BCUT2D eigenvalue weighted by atomic mass is 10.0. The molecule has 0 spiro atoms. The topological polar surface area (TPSA) is 64.7 Å². The lowest BCUT2D eigenvalue weighted by molar-refractivity contribution is 0.281. The Morgan fingerprint density at radius 3 is 2.62 bits per heavy atom. The van der Waals surface area contributed by atoms with Crippen LogP contribution < -0.4 is 9.47 Å². The molecular weight excluding hydrogens is 330 g/mol. The molecule has 0 saturated carbocycles. The van der Waals surface area contributed by atoms with E-state index in [-0.39, 0.29) is 6.61 Å². The van der Waals surface area contributed by atoms with Gasteiger partial charge in [0.25, 0.3) is 0 Å². The molecule has 0 amide bonds. The van der Waals surface area contributed by atoms with Crippen LogP contribution in [0.3, 0.4) is 0 Å². The van der Waals surface area contributed by atoms with E-state index in [1.165, 1.54) is 0 Å². The number of hydrogen-bond acceptors (Lipinski definition) is 5. The molecule has 124 valence electrons. The summed E-state index contributed by atoms with van der Waals surface area (Å²) >= 11 is 6.04. The van der Waals surface area contributed by atoms with Crippen molar-refractivity contribution in [2.45, 2.75) is 6.61 Å². The van der Waals surface area contributed by atoms with Gasteiger partial charge in [0.05, 0.1) is 26.4 Å². The zero-order chi connectivity index (χ0) is 17.1. The molecule has 1 heterocycles. The highest BCUT2D eigenvalue weighted by molar-refractivity contribution is 6.30.